The van der Waals surface area contributed by atoms with Crippen LogP contribution in [0.4, 0.5) is 10.8 Å². The fourth-order valence-electron chi connectivity index (χ4n) is 3.09. The number of methoxy groups -OCH3 is 1. The quantitative estimate of drug-likeness (QED) is 0.721. The number of hydrogen-bond acceptors (Lipinski definition) is 5. The van der Waals surface area contributed by atoms with E-state index in [1.807, 2.05) is 25.3 Å². The van der Waals surface area contributed by atoms with Gasteiger partial charge in [0.05, 0.1) is 18.9 Å². The fraction of sp³-hybridized carbons (Fsp3) is 0.389. The van der Waals surface area contributed by atoms with Gasteiger partial charge in [0.25, 0.3) is 11.7 Å². The second kappa shape index (κ2) is 8.29. The normalized spacial score (nSPS) is 14.9. The van der Waals surface area contributed by atoms with Crippen LogP contribution in [0.25, 0.3) is 0 Å². The van der Waals surface area contributed by atoms with Crippen LogP contribution in [-0.2, 0) is 9.53 Å². The molecule has 0 saturated carbocycles. The van der Waals surface area contributed by atoms with Crippen molar-refractivity contribution in [2.75, 3.05) is 50.1 Å². The maximum absolute atomic E-state index is 12.4. The average Bonchev–Trinajstić information content (AvgIpc) is 3.02. The monoisotopic (exact) mass is 376 g/mol. The number of hydrogen-bond donors (Lipinski definition) is 2. The van der Waals surface area contributed by atoms with E-state index < -0.39 is 5.97 Å². The number of H-pyrrole nitrogens is 1. The van der Waals surface area contributed by atoms with E-state index in [-0.39, 0.29) is 5.91 Å². The molecule has 1 amide bonds. The Bertz CT molecular complexity index is 770. The van der Waals surface area contributed by atoms with E-state index in [2.05, 4.69) is 21.3 Å². The third kappa shape index (κ3) is 4.39. The minimum absolute atomic E-state index is 0.0771. The number of nitrogens with one attached hydrogen (secondary N) is 3. The van der Waals surface area contributed by atoms with Crippen molar-refractivity contribution in [3.63, 3.8) is 0 Å². The molecule has 26 heavy (non-hydrogen) atoms. The summed E-state index contributed by atoms with van der Waals surface area (Å²) in [6, 6.07) is 7.78. The van der Waals surface area contributed by atoms with Crippen molar-refractivity contribution >= 4 is 34.0 Å². The molecule has 1 saturated heterocycles. The fourth-order valence-corrected chi connectivity index (χ4v) is 4.00. The van der Waals surface area contributed by atoms with Gasteiger partial charge in [-0.3, -0.25) is 9.69 Å². The Balaban J connectivity index is 1.53. The van der Waals surface area contributed by atoms with Crippen molar-refractivity contribution in [3.05, 3.63) is 40.9 Å². The highest BCUT2D eigenvalue weighted by atomic mass is 32.1. The number of aromatic amines is 1. The summed E-state index contributed by atoms with van der Waals surface area (Å²) in [5.41, 5.74) is 0.419. The van der Waals surface area contributed by atoms with E-state index in [1.54, 1.807) is 6.07 Å². The van der Waals surface area contributed by atoms with E-state index >= 15 is 0 Å². The van der Waals surface area contributed by atoms with E-state index in [9.17, 15) is 9.59 Å². The van der Waals surface area contributed by atoms with Crippen LogP contribution in [0.15, 0.2) is 30.5 Å². The zero-order chi connectivity index (χ0) is 18.5. The summed E-state index contributed by atoms with van der Waals surface area (Å²) in [6.45, 7) is 5.87. The molecule has 2 aromatic rings. The Morgan fingerprint density at radius 2 is 2.12 bits per heavy atom. The maximum Gasteiger partial charge on any atom is 0.340 e. The number of carbonyl (C=O) groups is 2. The molecule has 0 bridgehead atoms. The van der Waals surface area contributed by atoms with Crippen molar-refractivity contribution in [1.29, 1.82) is 0 Å². The molecule has 8 heteroatoms. The Hall–Kier alpha value is -2.45. The minimum Gasteiger partial charge on any atom is -0.465 e. The minimum atomic E-state index is -0.426. The van der Waals surface area contributed by atoms with Crippen molar-refractivity contribution in [3.8, 4) is 0 Å². The number of carbonyl (C=O) groups excluding carboxylic acids is 2. The molecule has 3 N–H and O–H groups in total. The number of piperazine rings is 1. The third-order valence-corrected chi connectivity index (χ3v) is 5.39. The lowest BCUT2D eigenvalue weighted by molar-refractivity contribution is -0.892. The van der Waals surface area contributed by atoms with Crippen molar-refractivity contribution < 1.29 is 24.2 Å². The van der Waals surface area contributed by atoms with Gasteiger partial charge in [-0.2, -0.15) is 0 Å². The highest BCUT2D eigenvalue weighted by Gasteiger charge is 2.27. The van der Waals surface area contributed by atoms with Gasteiger partial charge in [-0.05, 0) is 19.1 Å². The van der Waals surface area contributed by atoms with Gasteiger partial charge in [0.15, 0.2) is 6.54 Å². The standard InChI is InChI=1S/C18H22N4O3S/c1-13-11-14(18(24)25-2)17(26-13)20-16(23)12-21-7-9-22(10-8-21)15-5-3-4-6-19-15/h3-6,11H,7-10,12H2,1-2H3,(H,20,23)/p+2. The van der Waals surface area contributed by atoms with E-state index in [0.717, 1.165) is 36.9 Å². The number of aryl methyl sites for hydroxylation is 1. The summed E-state index contributed by atoms with van der Waals surface area (Å²) in [7, 11) is 1.34. The highest BCUT2D eigenvalue weighted by molar-refractivity contribution is 7.16. The molecule has 3 heterocycles. The zero-order valence-corrected chi connectivity index (χ0v) is 15.8. The van der Waals surface area contributed by atoms with Crippen LogP contribution in [0.5, 0.6) is 0 Å². The van der Waals surface area contributed by atoms with Gasteiger partial charge in [-0.15, -0.1) is 11.3 Å². The number of nitrogens with zero attached hydrogens (tertiary/aromatic N) is 1. The van der Waals surface area contributed by atoms with Gasteiger partial charge < -0.3 is 15.0 Å². The summed E-state index contributed by atoms with van der Waals surface area (Å²) >= 11 is 1.39. The SMILES string of the molecule is COC(=O)c1cc(C)sc1NC(=O)C[NH+]1CCN(c2cccc[nH+]2)CC1. The van der Waals surface area contributed by atoms with Crippen molar-refractivity contribution in [1.82, 2.24) is 0 Å². The number of thiophene rings is 1. The molecule has 0 spiro atoms. The van der Waals surface area contributed by atoms with Gasteiger partial charge in [0.2, 0.25) is 0 Å². The molecule has 7 nitrogen and oxygen atoms in total. The summed E-state index contributed by atoms with van der Waals surface area (Å²) in [5.74, 6) is 0.601. The molecular weight excluding hydrogens is 352 g/mol. The predicted molar refractivity (Wildman–Crippen MR) is 99.8 cm³/mol. The lowest BCUT2D eigenvalue weighted by atomic mass is 10.3. The molecule has 0 atom stereocenters. The Morgan fingerprint density at radius 1 is 1.35 bits per heavy atom. The van der Waals surface area contributed by atoms with Gasteiger partial charge in [-0.1, -0.05) is 6.07 Å². The first-order chi connectivity index (χ1) is 12.6. The summed E-state index contributed by atoms with van der Waals surface area (Å²) in [6.07, 6.45) is 1.92. The number of quaternary nitrogens is 1. The van der Waals surface area contributed by atoms with E-state index in [0.29, 0.717) is 17.1 Å². The predicted octanol–water partition coefficient (Wildman–Crippen LogP) is 0.000820. The molecule has 2 aromatic heterocycles. The topological polar surface area (TPSA) is 77.2 Å². The number of anilines is 2. The molecule has 0 radical (unpaired) electrons. The Kier molecular flexibility index (Phi) is 5.85. The maximum atomic E-state index is 12.4. The number of aromatic nitrogens is 1. The number of rotatable bonds is 5. The van der Waals surface area contributed by atoms with Crippen LogP contribution >= 0.6 is 11.3 Å². The molecule has 1 aliphatic heterocycles. The van der Waals surface area contributed by atoms with Gasteiger partial charge >= 0.3 is 5.97 Å². The summed E-state index contributed by atoms with van der Waals surface area (Å²) < 4.78 is 4.78. The molecule has 0 unspecified atom stereocenters. The highest BCUT2D eigenvalue weighted by Crippen LogP contribution is 2.27. The second-order valence-corrected chi connectivity index (χ2v) is 7.56. The summed E-state index contributed by atoms with van der Waals surface area (Å²) in [5, 5.41) is 3.44. The number of amides is 1. The van der Waals surface area contributed by atoms with Crippen LogP contribution in [-0.4, -0.2) is 51.7 Å². The first-order valence-electron chi connectivity index (χ1n) is 8.60. The van der Waals surface area contributed by atoms with Gasteiger partial charge in [0, 0.05) is 10.9 Å². The van der Waals surface area contributed by atoms with Crippen molar-refractivity contribution in [2.24, 2.45) is 0 Å². The van der Waals surface area contributed by atoms with Gasteiger partial charge in [0.1, 0.15) is 31.2 Å². The number of pyridine rings is 1. The third-order valence-electron chi connectivity index (χ3n) is 4.43. The second-order valence-electron chi connectivity index (χ2n) is 6.30. The molecule has 0 aliphatic carbocycles. The number of ether oxygens (including phenoxy) is 1. The van der Waals surface area contributed by atoms with Crippen molar-refractivity contribution in [2.45, 2.75) is 6.92 Å². The van der Waals surface area contributed by atoms with Crippen LogP contribution in [0.1, 0.15) is 15.2 Å². The van der Waals surface area contributed by atoms with E-state index in [1.165, 1.54) is 23.3 Å². The average molecular weight is 376 g/mol. The van der Waals surface area contributed by atoms with Gasteiger partial charge in [-0.25, -0.2) is 9.78 Å². The lowest BCUT2D eigenvalue weighted by Gasteiger charge is -2.27. The molecule has 3 rings (SSSR count). The first-order valence-corrected chi connectivity index (χ1v) is 9.42. The zero-order valence-electron chi connectivity index (χ0n) is 15.0. The molecule has 1 fully saturated rings. The molecule has 0 aromatic carbocycles. The Morgan fingerprint density at radius 3 is 2.77 bits per heavy atom. The lowest BCUT2D eigenvalue weighted by Crippen LogP contribution is -3.15. The van der Waals surface area contributed by atoms with Crippen LogP contribution in [0.2, 0.25) is 0 Å². The first kappa shape index (κ1) is 18.3. The molecule has 138 valence electrons. The number of esters is 1. The van der Waals surface area contributed by atoms with Crippen LogP contribution in [0, 0.1) is 6.92 Å². The van der Waals surface area contributed by atoms with Crippen LogP contribution < -0.4 is 20.1 Å². The largest absolute Gasteiger partial charge is 0.465 e. The summed E-state index contributed by atoms with van der Waals surface area (Å²) in [4.78, 5) is 32.0. The van der Waals surface area contributed by atoms with Crippen LogP contribution in [0.3, 0.4) is 0 Å². The Labute approximate surface area is 156 Å². The molecular formula is C18H24N4O3S+2. The molecule has 1 aliphatic rings. The van der Waals surface area contributed by atoms with E-state index in [4.69, 9.17) is 4.74 Å². The smallest absolute Gasteiger partial charge is 0.340 e.